The van der Waals surface area contributed by atoms with Gasteiger partial charge in [0.2, 0.25) is 0 Å². The topological polar surface area (TPSA) is 54.9 Å². The van der Waals surface area contributed by atoms with Crippen LogP contribution in [0, 0.1) is 5.82 Å². The minimum absolute atomic E-state index is 0. The molecule has 0 heterocycles. The smallest absolute Gasteiger partial charge is 0.191 e. The van der Waals surface area contributed by atoms with Crippen molar-refractivity contribution in [3.63, 3.8) is 0 Å². The lowest BCUT2D eigenvalue weighted by molar-refractivity contribution is 0.146. The number of methoxy groups -OCH3 is 1. The Kier molecular flexibility index (Phi) is 12.2. The van der Waals surface area contributed by atoms with Crippen LogP contribution in [0.1, 0.15) is 18.1 Å². The summed E-state index contributed by atoms with van der Waals surface area (Å²) in [4.78, 5) is 4.61. The molecule has 28 heavy (non-hydrogen) atoms. The average Bonchev–Trinajstić information content (AvgIpc) is 2.69. The van der Waals surface area contributed by atoms with Crippen LogP contribution in [0.4, 0.5) is 4.39 Å². The average molecular weight is 501 g/mol. The first-order valence-electron chi connectivity index (χ1n) is 9.18. The summed E-state index contributed by atoms with van der Waals surface area (Å²) in [6, 6.07) is 14.5. The Labute approximate surface area is 183 Å². The molecule has 0 aliphatic heterocycles. The molecule has 0 bridgehead atoms. The Morgan fingerprint density at radius 2 is 1.64 bits per heavy atom. The normalized spacial score (nSPS) is 10.9. The van der Waals surface area contributed by atoms with Gasteiger partial charge in [0.1, 0.15) is 18.2 Å². The van der Waals surface area contributed by atoms with Crippen molar-refractivity contribution < 1.29 is 13.9 Å². The fourth-order valence-corrected chi connectivity index (χ4v) is 2.42. The molecule has 0 aliphatic rings. The highest BCUT2D eigenvalue weighted by molar-refractivity contribution is 14.0. The summed E-state index contributed by atoms with van der Waals surface area (Å²) in [5.74, 6) is 1.38. The van der Waals surface area contributed by atoms with Gasteiger partial charge in [0.15, 0.2) is 5.96 Å². The maximum Gasteiger partial charge on any atom is 0.191 e. The van der Waals surface area contributed by atoms with Crippen LogP contribution in [-0.2, 0) is 17.7 Å². The molecule has 7 heteroatoms. The molecular formula is C21H29FIN3O2. The Balaban J connectivity index is 0.00000392. The van der Waals surface area contributed by atoms with Crippen molar-refractivity contribution in [3.8, 4) is 5.75 Å². The monoisotopic (exact) mass is 501 g/mol. The number of ether oxygens (including phenoxy) is 2. The van der Waals surface area contributed by atoms with E-state index in [0.717, 1.165) is 42.3 Å². The summed E-state index contributed by atoms with van der Waals surface area (Å²) in [6.45, 7) is 5.23. The molecule has 0 spiro atoms. The molecule has 0 aromatic heterocycles. The Hall–Kier alpha value is -1.87. The highest BCUT2D eigenvalue weighted by atomic mass is 127. The molecule has 0 fully saturated rings. The first-order valence-corrected chi connectivity index (χ1v) is 9.18. The van der Waals surface area contributed by atoms with Crippen LogP contribution in [0.3, 0.4) is 0 Å². The fourth-order valence-electron chi connectivity index (χ4n) is 2.42. The molecule has 2 aromatic carbocycles. The van der Waals surface area contributed by atoms with Crippen molar-refractivity contribution in [2.45, 2.75) is 19.9 Å². The molecule has 2 aromatic rings. The maximum atomic E-state index is 12.9. The van der Waals surface area contributed by atoms with Crippen LogP contribution in [0.25, 0.3) is 0 Å². The van der Waals surface area contributed by atoms with Crippen molar-refractivity contribution in [2.24, 2.45) is 4.99 Å². The zero-order valence-corrected chi connectivity index (χ0v) is 18.7. The van der Waals surface area contributed by atoms with E-state index in [4.69, 9.17) is 9.47 Å². The van der Waals surface area contributed by atoms with E-state index < -0.39 is 0 Å². The van der Waals surface area contributed by atoms with Crippen LogP contribution in [0.2, 0.25) is 0 Å². The van der Waals surface area contributed by atoms with Crippen LogP contribution >= 0.6 is 24.0 Å². The Morgan fingerprint density at radius 3 is 2.29 bits per heavy atom. The summed E-state index contributed by atoms with van der Waals surface area (Å²) < 4.78 is 23.5. The third-order valence-corrected chi connectivity index (χ3v) is 3.86. The number of hydrogen-bond donors (Lipinski definition) is 2. The number of rotatable bonds is 10. The zero-order valence-electron chi connectivity index (χ0n) is 16.4. The van der Waals surface area contributed by atoms with Gasteiger partial charge in [-0.2, -0.15) is 0 Å². The van der Waals surface area contributed by atoms with E-state index in [1.54, 1.807) is 19.2 Å². The van der Waals surface area contributed by atoms with Gasteiger partial charge in [-0.25, -0.2) is 9.38 Å². The molecule has 0 atom stereocenters. The first-order chi connectivity index (χ1) is 13.2. The van der Waals surface area contributed by atoms with E-state index in [1.165, 1.54) is 12.1 Å². The standard InChI is InChI=1S/C21H28FN3O2.HI/c1-3-23-21(24-13-12-17-4-8-19(22)9-5-17)25-16-18-6-10-20(11-7-18)27-15-14-26-2;/h4-11H,3,12-16H2,1-2H3,(H2,23,24,25);1H. The number of nitrogens with zero attached hydrogens (tertiary/aromatic N) is 1. The number of guanidine groups is 1. The summed E-state index contributed by atoms with van der Waals surface area (Å²) in [7, 11) is 1.65. The highest BCUT2D eigenvalue weighted by Gasteiger charge is 2.00. The van der Waals surface area contributed by atoms with Crippen molar-refractivity contribution in [1.82, 2.24) is 10.6 Å². The molecule has 0 unspecified atom stereocenters. The van der Waals surface area contributed by atoms with E-state index in [9.17, 15) is 4.39 Å². The van der Waals surface area contributed by atoms with Crippen molar-refractivity contribution >= 4 is 29.9 Å². The van der Waals surface area contributed by atoms with Crippen molar-refractivity contribution in [1.29, 1.82) is 0 Å². The fraction of sp³-hybridized carbons (Fsp3) is 0.381. The predicted octanol–water partition coefficient (Wildman–Crippen LogP) is 3.77. The molecule has 0 radical (unpaired) electrons. The summed E-state index contributed by atoms with van der Waals surface area (Å²) in [5.41, 5.74) is 2.19. The molecule has 0 aliphatic carbocycles. The van der Waals surface area contributed by atoms with Gasteiger partial charge in [-0.3, -0.25) is 0 Å². The van der Waals surface area contributed by atoms with Crippen LogP contribution in [0.5, 0.6) is 5.75 Å². The lowest BCUT2D eigenvalue weighted by atomic mass is 10.1. The van der Waals surface area contributed by atoms with E-state index in [-0.39, 0.29) is 29.8 Å². The second-order valence-corrected chi connectivity index (χ2v) is 5.98. The third-order valence-electron chi connectivity index (χ3n) is 3.86. The zero-order chi connectivity index (χ0) is 19.3. The lowest BCUT2D eigenvalue weighted by Gasteiger charge is -2.11. The van der Waals surface area contributed by atoms with Gasteiger partial charge >= 0.3 is 0 Å². The molecule has 154 valence electrons. The minimum Gasteiger partial charge on any atom is -0.491 e. The van der Waals surface area contributed by atoms with Gasteiger partial charge < -0.3 is 20.1 Å². The minimum atomic E-state index is -0.211. The van der Waals surface area contributed by atoms with E-state index >= 15 is 0 Å². The second kappa shape index (κ2) is 14.2. The number of nitrogens with one attached hydrogen (secondary N) is 2. The number of hydrogen-bond acceptors (Lipinski definition) is 3. The quantitative estimate of drug-likeness (QED) is 0.225. The van der Waals surface area contributed by atoms with Crippen molar-refractivity contribution in [3.05, 3.63) is 65.5 Å². The highest BCUT2D eigenvalue weighted by Crippen LogP contribution is 2.12. The van der Waals surface area contributed by atoms with Gasteiger partial charge in [0.25, 0.3) is 0 Å². The largest absolute Gasteiger partial charge is 0.491 e. The molecule has 0 amide bonds. The third kappa shape index (κ3) is 9.36. The van der Waals surface area contributed by atoms with Crippen LogP contribution < -0.4 is 15.4 Å². The van der Waals surface area contributed by atoms with Gasteiger partial charge in [0.05, 0.1) is 13.2 Å². The Morgan fingerprint density at radius 1 is 0.964 bits per heavy atom. The number of halogens is 2. The SMILES string of the molecule is CCNC(=NCc1ccc(OCCOC)cc1)NCCc1ccc(F)cc1.I. The van der Waals surface area contributed by atoms with E-state index in [1.807, 2.05) is 31.2 Å². The molecule has 2 N–H and O–H groups in total. The van der Waals surface area contributed by atoms with E-state index in [2.05, 4.69) is 15.6 Å². The summed E-state index contributed by atoms with van der Waals surface area (Å²) >= 11 is 0. The van der Waals surface area contributed by atoms with Crippen molar-refractivity contribution in [2.75, 3.05) is 33.4 Å². The van der Waals surface area contributed by atoms with Crippen LogP contribution in [-0.4, -0.2) is 39.4 Å². The summed E-state index contributed by atoms with van der Waals surface area (Å²) in [6.07, 6.45) is 0.804. The number of benzene rings is 2. The van der Waals surface area contributed by atoms with E-state index in [0.29, 0.717) is 19.8 Å². The van der Waals surface area contributed by atoms with Gasteiger partial charge in [-0.15, -0.1) is 24.0 Å². The van der Waals surface area contributed by atoms with Gasteiger partial charge in [0, 0.05) is 20.2 Å². The van der Waals surface area contributed by atoms with Crippen LogP contribution in [0.15, 0.2) is 53.5 Å². The van der Waals surface area contributed by atoms with Gasteiger partial charge in [-0.05, 0) is 48.7 Å². The molecule has 2 rings (SSSR count). The van der Waals surface area contributed by atoms with Gasteiger partial charge in [-0.1, -0.05) is 24.3 Å². The predicted molar refractivity (Wildman–Crippen MR) is 122 cm³/mol. The maximum absolute atomic E-state index is 12.9. The molecular weight excluding hydrogens is 472 g/mol. The molecule has 0 saturated carbocycles. The second-order valence-electron chi connectivity index (χ2n) is 5.98. The number of aliphatic imine (C=N–C) groups is 1. The molecule has 5 nitrogen and oxygen atoms in total. The lowest BCUT2D eigenvalue weighted by Crippen LogP contribution is -2.38. The summed E-state index contributed by atoms with van der Waals surface area (Å²) in [5, 5.41) is 6.54. The molecule has 0 saturated heterocycles. The first kappa shape index (κ1) is 24.2. The Bertz CT molecular complexity index is 694.